The number of nitrogens with zero attached hydrogens (tertiary/aromatic N) is 1. The van der Waals surface area contributed by atoms with Crippen molar-refractivity contribution in [3.05, 3.63) is 21.8 Å². The third kappa shape index (κ3) is 3.44. The average molecular weight is 280 g/mol. The van der Waals surface area contributed by atoms with Gasteiger partial charge in [0.05, 0.1) is 11.1 Å². The highest BCUT2D eigenvalue weighted by Gasteiger charge is 2.04. The Bertz CT molecular complexity index is 309. The third-order valence-electron chi connectivity index (χ3n) is 1.78. The van der Waals surface area contributed by atoms with Gasteiger partial charge in [-0.15, -0.1) is 0 Å². The molecule has 1 atom stereocenters. The van der Waals surface area contributed by atoms with Crippen LogP contribution in [-0.4, -0.2) is 22.7 Å². The van der Waals surface area contributed by atoms with Gasteiger partial charge in [0.15, 0.2) is 0 Å². The summed E-state index contributed by atoms with van der Waals surface area (Å²) in [4.78, 5) is 4.08. The van der Waals surface area contributed by atoms with Crippen molar-refractivity contribution in [1.82, 2.24) is 4.98 Å². The fourth-order valence-corrected chi connectivity index (χ4v) is 1.60. The van der Waals surface area contributed by atoms with Gasteiger partial charge in [-0.1, -0.05) is 18.5 Å². The highest BCUT2D eigenvalue weighted by molar-refractivity contribution is 9.10. The van der Waals surface area contributed by atoms with Crippen molar-refractivity contribution in [2.75, 3.05) is 11.9 Å². The average Bonchev–Trinajstić information content (AvgIpc) is 2.16. The summed E-state index contributed by atoms with van der Waals surface area (Å²) in [6.07, 6.45) is 2.00. The highest BCUT2D eigenvalue weighted by atomic mass is 79.9. The minimum atomic E-state index is -0.364. The summed E-state index contributed by atoms with van der Waals surface area (Å²) in [5, 5.41) is 12.8. The van der Waals surface area contributed by atoms with Crippen molar-refractivity contribution < 1.29 is 5.11 Å². The molecule has 1 aromatic rings. The van der Waals surface area contributed by atoms with Gasteiger partial charge in [-0.2, -0.15) is 0 Å². The molecule has 2 N–H and O–H groups in total. The molecule has 0 fully saturated rings. The van der Waals surface area contributed by atoms with Gasteiger partial charge >= 0.3 is 0 Å². The quantitative estimate of drug-likeness (QED) is 0.891. The molecule has 78 valence electrons. The van der Waals surface area contributed by atoms with Crippen LogP contribution in [0.15, 0.2) is 16.7 Å². The topological polar surface area (TPSA) is 45.1 Å². The maximum Gasteiger partial charge on any atom is 0.144 e. The second-order valence-electron chi connectivity index (χ2n) is 2.93. The monoisotopic (exact) mass is 278 g/mol. The van der Waals surface area contributed by atoms with E-state index in [1.807, 2.05) is 6.92 Å². The van der Waals surface area contributed by atoms with Crippen LogP contribution in [0.3, 0.4) is 0 Å². The van der Waals surface area contributed by atoms with Crippen molar-refractivity contribution in [2.45, 2.75) is 19.4 Å². The molecule has 0 radical (unpaired) electrons. The number of pyridine rings is 1. The molecule has 1 heterocycles. The fraction of sp³-hybridized carbons (Fsp3) is 0.444. The smallest absolute Gasteiger partial charge is 0.144 e. The number of aromatic nitrogens is 1. The summed E-state index contributed by atoms with van der Waals surface area (Å²) in [6.45, 7) is 2.38. The summed E-state index contributed by atoms with van der Waals surface area (Å²) in [7, 11) is 0. The van der Waals surface area contributed by atoms with Gasteiger partial charge < -0.3 is 10.4 Å². The zero-order chi connectivity index (χ0) is 10.6. The molecule has 0 aliphatic rings. The van der Waals surface area contributed by atoms with Crippen LogP contribution in [0, 0.1) is 0 Å². The Morgan fingerprint density at radius 2 is 2.43 bits per heavy atom. The van der Waals surface area contributed by atoms with E-state index >= 15 is 0 Å². The number of aliphatic hydroxyl groups is 1. The van der Waals surface area contributed by atoms with Crippen LogP contribution in [0.25, 0.3) is 0 Å². The van der Waals surface area contributed by atoms with E-state index in [1.165, 1.54) is 0 Å². The van der Waals surface area contributed by atoms with Crippen molar-refractivity contribution in [3.8, 4) is 0 Å². The summed E-state index contributed by atoms with van der Waals surface area (Å²) in [6, 6.07) is 1.76. The number of halogens is 2. The number of aliphatic hydroxyl groups excluding tert-OH is 1. The van der Waals surface area contributed by atoms with E-state index < -0.39 is 0 Å². The minimum Gasteiger partial charge on any atom is -0.391 e. The first-order valence-electron chi connectivity index (χ1n) is 4.36. The van der Waals surface area contributed by atoms with Gasteiger partial charge in [0.25, 0.3) is 0 Å². The lowest BCUT2D eigenvalue weighted by molar-refractivity contribution is 0.183. The van der Waals surface area contributed by atoms with Crippen LogP contribution in [-0.2, 0) is 0 Å². The van der Waals surface area contributed by atoms with E-state index in [9.17, 15) is 5.11 Å². The molecule has 1 unspecified atom stereocenters. The van der Waals surface area contributed by atoms with Gasteiger partial charge in [-0.3, -0.25) is 0 Å². The first-order valence-corrected chi connectivity index (χ1v) is 5.53. The van der Waals surface area contributed by atoms with Crippen LogP contribution in [0.4, 0.5) is 5.82 Å². The Morgan fingerprint density at radius 1 is 1.71 bits per heavy atom. The van der Waals surface area contributed by atoms with E-state index in [-0.39, 0.29) is 6.10 Å². The van der Waals surface area contributed by atoms with E-state index in [4.69, 9.17) is 11.6 Å². The summed E-state index contributed by atoms with van der Waals surface area (Å²) in [5.74, 6) is 0.599. The van der Waals surface area contributed by atoms with Crippen LogP contribution in [0.5, 0.6) is 0 Å². The molecule has 0 saturated carbocycles. The maximum absolute atomic E-state index is 9.32. The first-order chi connectivity index (χ1) is 6.63. The third-order valence-corrected chi connectivity index (χ3v) is 2.51. The zero-order valence-electron chi connectivity index (χ0n) is 7.80. The van der Waals surface area contributed by atoms with Crippen molar-refractivity contribution in [1.29, 1.82) is 0 Å². The maximum atomic E-state index is 9.32. The van der Waals surface area contributed by atoms with Crippen LogP contribution in [0.2, 0.25) is 5.02 Å². The molecule has 0 amide bonds. The first kappa shape index (κ1) is 11.8. The summed E-state index contributed by atoms with van der Waals surface area (Å²) < 4.78 is 0.837. The molecule has 5 heteroatoms. The molecule has 0 aliphatic carbocycles. The predicted molar refractivity (Wildman–Crippen MR) is 61.7 cm³/mol. The lowest BCUT2D eigenvalue weighted by Crippen LogP contribution is -2.18. The molecule has 1 aromatic heterocycles. The van der Waals surface area contributed by atoms with Crippen molar-refractivity contribution in [3.63, 3.8) is 0 Å². The van der Waals surface area contributed by atoms with Gasteiger partial charge in [0.2, 0.25) is 0 Å². The zero-order valence-corrected chi connectivity index (χ0v) is 10.1. The van der Waals surface area contributed by atoms with Crippen LogP contribution in [0.1, 0.15) is 13.3 Å². The molecule has 3 nitrogen and oxygen atoms in total. The second-order valence-corrected chi connectivity index (χ2v) is 4.25. The highest BCUT2D eigenvalue weighted by Crippen LogP contribution is 2.22. The molecule has 0 spiro atoms. The van der Waals surface area contributed by atoms with Crippen LogP contribution >= 0.6 is 27.5 Å². The van der Waals surface area contributed by atoms with E-state index in [0.29, 0.717) is 23.8 Å². The SMILES string of the molecule is CCC(O)CNc1ncc(Br)cc1Cl. The largest absolute Gasteiger partial charge is 0.391 e. The van der Waals surface area contributed by atoms with Crippen LogP contribution < -0.4 is 5.32 Å². The standard InChI is InChI=1S/C9H12BrClN2O/c1-2-7(14)5-13-9-8(11)3-6(10)4-12-9/h3-4,7,14H,2,5H2,1H3,(H,12,13). The normalized spacial score (nSPS) is 12.6. The van der Waals surface area contributed by atoms with Gasteiger partial charge in [-0.25, -0.2) is 4.98 Å². The number of hydrogen-bond acceptors (Lipinski definition) is 3. The Labute approximate surface area is 96.6 Å². The number of rotatable bonds is 4. The fourth-order valence-electron chi connectivity index (χ4n) is 0.903. The molecular formula is C9H12BrClN2O. The van der Waals surface area contributed by atoms with E-state index in [1.54, 1.807) is 12.3 Å². The molecule has 1 rings (SSSR count). The Kier molecular flexibility index (Phi) is 4.65. The molecular weight excluding hydrogens is 267 g/mol. The van der Waals surface area contributed by atoms with Gasteiger partial charge in [0, 0.05) is 17.2 Å². The van der Waals surface area contributed by atoms with E-state index in [2.05, 4.69) is 26.2 Å². The van der Waals surface area contributed by atoms with Crippen molar-refractivity contribution >= 4 is 33.3 Å². The molecule has 0 bridgehead atoms. The lowest BCUT2D eigenvalue weighted by Gasteiger charge is -2.10. The second kappa shape index (κ2) is 5.53. The van der Waals surface area contributed by atoms with E-state index in [0.717, 1.165) is 4.47 Å². The number of hydrogen-bond donors (Lipinski definition) is 2. The summed E-state index contributed by atoms with van der Waals surface area (Å²) >= 11 is 9.19. The number of nitrogens with one attached hydrogen (secondary N) is 1. The Hall–Kier alpha value is -0.320. The number of anilines is 1. The Balaban J connectivity index is 2.59. The Morgan fingerprint density at radius 3 is 3.00 bits per heavy atom. The van der Waals surface area contributed by atoms with Gasteiger partial charge in [-0.05, 0) is 28.4 Å². The molecule has 0 aliphatic heterocycles. The molecule has 0 saturated heterocycles. The molecule has 0 aromatic carbocycles. The molecule has 14 heavy (non-hydrogen) atoms. The predicted octanol–water partition coefficient (Wildman–Crippen LogP) is 2.68. The lowest BCUT2D eigenvalue weighted by atomic mass is 10.3. The minimum absolute atomic E-state index is 0.364. The van der Waals surface area contributed by atoms with Gasteiger partial charge in [0.1, 0.15) is 5.82 Å². The summed E-state index contributed by atoms with van der Waals surface area (Å²) in [5.41, 5.74) is 0. The van der Waals surface area contributed by atoms with Crippen molar-refractivity contribution in [2.24, 2.45) is 0 Å².